The van der Waals surface area contributed by atoms with Gasteiger partial charge in [-0.1, -0.05) is 6.07 Å². The second-order valence-electron chi connectivity index (χ2n) is 7.61. The average molecular weight is 455 g/mol. The number of pyridine rings is 2. The fourth-order valence-corrected chi connectivity index (χ4v) is 4.58. The van der Waals surface area contributed by atoms with Crippen molar-refractivity contribution in [1.82, 2.24) is 29.8 Å². The first-order valence-electron chi connectivity index (χ1n) is 9.83. The Morgan fingerprint density at radius 2 is 2.07 bits per heavy atom. The number of halogens is 1. The van der Waals surface area contributed by atoms with Gasteiger partial charge in [-0.2, -0.15) is 5.10 Å². The first-order chi connectivity index (χ1) is 14.2. The molecule has 0 bridgehead atoms. The molecular weight excluding hydrogens is 432 g/mol. The normalized spacial score (nSPS) is 20.1. The Morgan fingerprint density at radius 3 is 2.79 bits per heavy atom. The Bertz CT molecular complexity index is 1030. The van der Waals surface area contributed by atoms with E-state index in [-0.39, 0.29) is 5.92 Å². The summed E-state index contributed by atoms with van der Waals surface area (Å²) in [6.45, 7) is 5.71. The van der Waals surface area contributed by atoms with Crippen LogP contribution in [0.5, 0.6) is 0 Å². The summed E-state index contributed by atoms with van der Waals surface area (Å²) < 4.78 is 0.998. The Morgan fingerprint density at radius 1 is 1.21 bits per heavy atom. The Kier molecular flexibility index (Phi) is 4.92. The smallest absolute Gasteiger partial charge is 0.179 e. The first kappa shape index (κ1) is 18.5. The van der Waals surface area contributed by atoms with Crippen LogP contribution in [0.3, 0.4) is 0 Å². The monoisotopic (exact) mass is 454 g/mol. The summed E-state index contributed by atoms with van der Waals surface area (Å²) in [5, 5.41) is 6.27. The molecule has 9 heteroatoms. The van der Waals surface area contributed by atoms with Crippen LogP contribution in [0.25, 0.3) is 11.2 Å². The topological polar surface area (TPSA) is 76.5 Å². The zero-order valence-electron chi connectivity index (χ0n) is 16.3. The molecule has 1 N–H and O–H groups in total. The van der Waals surface area contributed by atoms with Crippen molar-refractivity contribution in [3.8, 4) is 0 Å². The molecule has 29 heavy (non-hydrogen) atoms. The highest BCUT2D eigenvalue weighted by Crippen LogP contribution is 2.34. The van der Waals surface area contributed by atoms with E-state index in [1.807, 2.05) is 42.9 Å². The molecule has 2 aliphatic heterocycles. The molecule has 2 aliphatic rings. The number of imidazole rings is 1. The highest BCUT2D eigenvalue weighted by Gasteiger charge is 2.25. The minimum Gasteiger partial charge on any atom is -0.366 e. The molecule has 1 saturated heterocycles. The molecule has 5 heterocycles. The van der Waals surface area contributed by atoms with Crippen LogP contribution in [0.2, 0.25) is 0 Å². The van der Waals surface area contributed by atoms with Crippen LogP contribution in [0.1, 0.15) is 17.3 Å². The van der Waals surface area contributed by atoms with E-state index >= 15 is 0 Å². The van der Waals surface area contributed by atoms with Gasteiger partial charge in [0.2, 0.25) is 0 Å². The van der Waals surface area contributed by atoms with Crippen molar-refractivity contribution in [3.63, 3.8) is 0 Å². The second-order valence-corrected chi connectivity index (χ2v) is 8.47. The van der Waals surface area contributed by atoms with Crippen LogP contribution in [0.4, 0.5) is 5.69 Å². The third-order valence-electron chi connectivity index (χ3n) is 5.54. The molecular formula is C20H23BrN8. The molecule has 0 aliphatic carbocycles. The third-order valence-corrected chi connectivity index (χ3v) is 6.12. The summed E-state index contributed by atoms with van der Waals surface area (Å²) in [5.41, 5.74) is 4.17. The van der Waals surface area contributed by atoms with Gasteiger partial charge in [-0.3, -0.25) is 14.9 Å². The molecule has 1 atom stereocenters. The summed E-state index contributed by atoms with van der Waals surface area (Å²) in [6, 6.07) is 4.14. The maximum atomic E-state index is 4.75. The van der Waals surface area contributed by atoms with E-state index in [0.29, 0.717) is 0 Å². The van der Waals surface area contributed by atoms with Crippen LogP contribution in [0.15, 0.2) is 40.3 Å². The molecule has 3 aromatic rings. The zero-order valence-corrected chi connectivity index (χ0v) is 17.9. The molecule has 0 radical (unpaired) electrons. The van der Waals surface area contributed by atoms with Crippen molar-refractivity contribution >= 4 is 39.0 Å². The lowest BCUT2D eigenvalue weighted by Gasteiger charge is -2.36. The van der Waals surface area contributed by atoms with Gasteiger partial charge < -0.3 is 9.88 Å². The SMILES string of the molecule is CN1CC(c2nc3ncc(Br)c(N4CCN(Cc5cccnc5)CC4)c3[nH]2)C=N1. The predicted octanol–water partition coefficient (Wildman–Crippen LogP) is 2.45. The number of hydrogen-bond donors (Lipinski definition) is 1. The van der Waals surface area contributed by atoms with Crippen molar-refractivity contribution in [2.24, 2.45) is 5.10 Å². The van der Waals surface area contributed by atoms with Crippen molar-refractivity contribution in [2.45, 2.75) is 12.5 Å². The van der Waals surface area contributed by atoms with E-state index in [2.05, 4.69) is 51.8 Å². The molecule has 8 nitrogen and oxygen atoms in total. The van der Waals surface area contributed by atoms with E-state index in [9.17, 15) is 0 Å². The van der Waals surface area contributed by atoms with E-state index < -0.39 is 0 Å². The number of nitrogens with one attached hydrogen (secondary N) is 1. The van der Waals surface area contributed by atoms with Crippen molar-refractivity contribution in [2.75, 3.05) is 44.7 Å². The second kappa shape index (κ2) is 7.72. The summed E-state index contributed by atoms with van der Waals surface area (Å²) in [6.07, 6.45) is 7.58. The zero-order chi connectivity index (χ0) is 19.8. The average Bonchev–Trinajstić information content (AvgIpc) is 3.36. The number of nitrogens with zero attached hydrogens (tertiary/aromatic N) is 7. The van der Waals surface area contributed by atoms with Crippen LogP contribution in [-0.2, 0) is 6.54 Å². The van der Waals surface area contributed by atoms with E-state index in [1.165, 1.54) is 5.56 Å². The number of likely N-dealkylation sites (N-methyl/N-ethyl adjacent to an activating group) is 1. The summed E-state index contributed by atoms with van der Waals surface area (Å²) in [7, 11) is 1.98. The van der Waals surface area contributed by atoms with Crippen LogP contribution < -0.4 is 4.90 Å². The van der Waals surface area contributed by atoms with Crippen molar-refractivity contribution in [3.05, 3.63) is 46.6 Å². The Hall–Kier alpha value is -2.52. The lowest BCUT2D eigenvalue weighted by molar-refractivity contribution is 0.249. The van der Waals surface area contributed by atoms with Crippen molar-refractivity contribution in [1.29, 1.82) is 0 Å². The molecule has 0 aromatic carbocycles. The van der Waals surface area contributed by atoms with Gasteiger partial charge in [0.25, 0.3) is 0 Å². The number of fused-ring (bicyclic) bond motifs is 1. The molecule has 3 aromatic heterocycles. The number of aromatic amines is 1. The quantitative estimate of drug-likeness (QED) is 0.652. The third kappa shape index (κ3) is 3.72. The number of rotatable bonds is 4. The molecule has 0 saturated carbocycles. The minimum absolute atomic E-state index is 0.178. The number of anilines is 1. The maximum Gasteiger partial charge on any atom is 0.179 e. The number of H-pyrrole nitrogens is 1. The van der Waals surface area contributed by atoms with Crippen LogP contribution >= 0.6 is 15.9 Å². The maximum absolute atomic E-state index is 4.75. The van der Waals surface area contributed by atoms with Gasteiger partial charge in [0, 0.05) is 64.6 Å². The minimum atomic E-state index is 0.178. The highest BCUT2D eigenvalue weighted by molar-refractivity contribution is 9.10. The number of hydrogen-bond acceptors (Lipinski definition) is 7. The first-order valence-corrected chi connectivity index (χ1v) is 10.6. The molecule has 0 amide bonds. The van der Waals surface area contributed by atoms with Gasteiger partial charge in [0.15, 0.2) is 5.65 Å². The Labute approximate surface area is 177 Å². The molecule has 1 fully saturated rings. The molecule has 0 spiro atoms. The van der Waals surface area contributed by atoms with Gasteiger partial charge in [-0.25, -0.2) is 9.97 Å². The van der Waals surface area contributed by atoms with Gasteiger partial charge >= 0.3 is 0 Å². The van der Waals surface area contributed by atoms with Gasteiger partial charge in [-0.05, 0) is 27.6 Å². The predicted molar refractivity (Wildman–Crippen MR) is 117 cm³/mol. The van der Waals surface area contributed by atoms with E-state index in [0.717, 1.165) is 66.4 Å². The van der Waals surface area contributed by atoms with E-state index in [4.69, 9.17) is 4.98 Å². The summed E-state index contributed by atoms with van der Waals surface area (Å²) in [5.74, 6) is 1.10. The van der Waals surface area contributed by atoms with Gasteiger partial charge in [0.1, 0.15) is 11.3 Å². The van der Waals surface area contributed by atoms with Gasteiger partial charge in [-0.15, -0.1) is 0 Å². The number of aromatic nitrogens is 4. The van der Waals surface area contributed by atoms with Crippen molar-refractivity contribution < 1.29 is 0 Å². The number of hydrazone groups is 1. The number of piperazine rings is 1. The van der Waals surface area contributed by atoms with E-state index in [1.54, 1.807) is 0 Å². The molecule has 150 valence electrons. The lowest BCUT2D eigenvalue weighted by Crippen LogP contribution is -2.46. The fraction of sp³-hybridized carbons (Fsp3) is 0.400. The molecule has 1 unspecified atom stereocenters. The summed E-state index contributed by atoms with van der Waals surface area (Å²) in [4.78, 5) is 21.9. The standard InChI is InChI=1S/C20H23BrN8/c1-27-13-15(10-24-27)19-25-17-18(16(21)11-23-20(17)26-19)29-7-5-28(6-8-29)12-14-3-2-4-22-9-14/h2-4,9-11,15H,5-8,12-13H2,1H3,(H,23,25,26). The lowest BCUT2D eigenvalue weighted by atomic mass is 10.1. The van der Waals surface area contributed by atoms with Crippen LogP contribution in [0, 0.1) is 0 Å². The largest absolute Gasteiger partial charge is 0.366 e. The van der Waals surface area contributed by atoms with Crippen LogP contribution in [-0.4, -0.2) is 75.8 Å². The van der Waals surface area contributed by atoms with Gasteiger partial charge in [0.05, 0.1) is 22.6 Å². The summed E-state index contributed by atoms with van der Waals surface area (Å²) >= 11 is 3.72. The molecule has 5 rings (SSSR count). The Balaban J connectivity index is 1.35. The fourth-order valence-electron chi connectivity index (χ4n) is 4.03. The highest BCUT2D eigenvalue weighted by atomic mass is 79.9.